The average molecular weight is 318 g/mol. The summed E-state index contributed by atoms with van der Waals surface area (Å²) >= 11 is 0. The van der Waals surface area contributed by atoms with Crippen molar-refractivity contribution in [1.82, 2.24) is 10.6 Å². The van der Waals surface area contributed by atoms with Crippen molar-refractivity contribution in [3.8, 4) is 0 Å². The number of aryl methyl sites for hydroxylation is 1. The van der Waals surface area contributed by atoms with Crippen LogP contribution in [0.4, 0.5) is 0 Å². The molecule has 0 aliphatic heterocycles. The van der Waals surface area contributed by atoms with Crippen molar-refractivity contribution < 1.29 is 14.7 Å². The molecule has 1 unspecified atom stereocenters. The third-order valence-electron chi connectivity index (χ3n) is 4.32. The molecule has 0 bridgehead atoms. The molecule has 1 aliphatic rings. The zero-order valence-corrected chi connectivity index (χ0v) is 13.7. The van der Waals surface area contributed by atoms with Gasteiger partial charge in [0.15, 0.2) is 0 Å². The first-order valence-corrected chi connectivity index (χ1v) is 8.31. The highest BCUT2D eigenvalue weighted by Crippen LogP contribution is 2.17. The lowest BCUT2D eigenvalue weighted by atomic mass is 9.97. The van der Waals surface area contributed by atoms with Crippen LogP contribution in [0.3, 0.4) is 0 Å². The van der Waals surface area contributed by atoms with Crippen molar-refractivity contribution in [2.75, 3.05) is 6.54 Å². The number of carbonyl (C=O) groups excluding carboxylic acids is 2. The maximum atomic E-state index is 11.8. The van der Waals surface area contributed by atoms with E-state index in [-0.39, 0.29) is 12.6 Å². The Bertz CT molecular complexity index is 522. The predicted molar refractivity (Wildman–Crippen MR) is 88.8 cm³/mol. The van der Waals surface area contributed by atoms with Crippen LogP contribution in [0, 0.1) is 0 Å². The van der Waals surface area contributed by atoms with Crippen LogP contribution in [0.5, 0.6) is 0 Å². The van der Waals surface area contributed by atoms with Gasteiger partial charge < -0.3 is 15.7 Å². The van der Waals surface area contributed by atoms with Gasteiger partial charge in [0.25, 0.3) is 0 Å². The molecule has 1 atom stereocenters. The molecule has 2 rings (SSSR count). The van der Waals surface area contributed by atoms with Crippen molar-refractivity contribution in [2.24, 2.45) is 0 Å². The fourth-order valence-electron chi connectivity index (χ4n) is 2.82. The van der Waals surface area contributed by atoms with E-state index in [9.17, 15) is 14.7 Å². The standard InChI is InChI=1S/C18H26N2O3/c1-18(23,12-11-14-7-3-2-4-8-14)13-19-16(21)17(22)20-15-9-5-6-10-15/h2-4,7-8,15,23H,5-6,9-13H2,1H3,(H,19,21)(H,20,22). The molecule has 1 aliphatic carbocycles. The first-order chi connectivity index (χ1) is 11.0. The number of benzene rings is 1. The highest BCUT2D eigenvalue weighted by molar-refractivity contribution is 6.35. The van der Waals surface area contributed by atoms with E-state index in [4.69, 9.17) is 0 Å². The fraction of sp³-hybridized carbons (Fsp3) is 0.556. The molecule has 1 aromatic rings. The average Bonchev–Trinajstić information content (AvgIpc) is 3.05. The second-order valence-corrected chi connectivity index (χ2v) is 6.62. The molecule has 5 nitrogen and oxygen atoms in total. The van der Waals surface area contributed by atoms with Gasteiger partial charge in [0.1, 0.15) is 0 Å². The Labute approximate surface area is 137 Å². The lowest BCUT2D eigenvalue weighted by Gasteiger charge is -2.23. The zero-order valence-electron chi connectivity index (χ0n) is 13.7. The van der Waals surface area contributed by atoms with Crippen LogP contribution in [-0.4, -0.2) is 35.1 Å². The number of rotatable bonds is 6. The SMILES string of the molecule is CC(O)(CCc1ccccc1)CNC(=O)C(=O)NC1CCCC1. The normalized spacial score (nSPS) is 17.5. The predicted octanol–water partition coefficient (Wildman–Crippen LogP) is 1.55. The van der Waals surface area contributed by atoms with Gasteiger partial charge >= 0.3 is 11.8 Å². The summed E-state index contributed by atoms with van der Waals surface area (Å²) in [5.41, 5.74) is 0.0946. The molecular weight excluding hydrogens is 292 g/mol. The molecule has 5 heteroatoms. The number of nitrogens with one attached hydrogen (secondary N) is 2. The van der Waals surface area contributed by atoms with Crippen molar-refractivity contribution in [2.45, 2.75) is 57.1 Å². The van der Waals surface area contributed by atoms with Gasteiger partial charge in [-0.2, -0.15) is 0 Å². The topological polar surface area (TPSA) is 78.4 Å². The van der Waals surface area contributed by atoms with Gasteiger partial charge in [-0.25, -0.2) is 0 Å². The van der Waals surface area contributed by atoms with Gasteiger partial charge in [-0.15, -0.1) is 0 Å². The summed E-state index contributed by atoms with van der Waals surface area (Å²) in [4.78, 5) is 23.6. The van der Waals surface area contributed by atoms with E-state index in [1.165, 1.54) is 0 Å². The Morgan fingerprint density at radius 3 is 2.48 bits per heavy atom. The Morgan fingerprint density at radius 1 is 1.17 bits per heavy atom. The van der Waals surface area contributed by atoms with Gasteiger partial charge in [0.05, 0.1) is 5.60 Å². The molecule has 0 radical (unpaired) electrons. The second-order valence-electron chi connectivity index (χ2n) is 6.62. The van der Waals surface area contributed by atoms with Crippen LogP contribution in [0.25, 0.3) is 0 Å². The first-order valence-electron chi connectivity index (χ1n) is 8.31. The summed E-state index contributed by atoms with van der Waals surface area (Å²) in [6.07, 6.45) is 5.31. The van der Waals surface area contributed by atoms with Crippen molar-refractivity contribution in [1.29, 1.82) is 0 Å². The molecule has 1 aromatic carbocycles. The summed E-state index contributed by atoms with van der Waals surface area (Å²) < 4.78 is 0. The minimum Gasteiger partial charge on any atom is -0.388 e. The zero-order chi connectivity index (χ0) is 16.7. The summed E-state index contributed by atoms with van der Waals surface area (Å²) in [6.45, 7) is 1.74. The smallest absolute Gasteiger partial charge is 0.309 e. The number of hydrogen-bond acceptors (Lipinski definition) is 3. The summed E-state index contributed by atoms with van der Waals surface area (Å²) in [5, 5.41) is 15.6. The maximum absolute atomic E-state index is 11.8. The van der Waals surface area contributed by atoms with Crippen molar-refractivity contribution in [3.05, 3.63) is 35.9 Å². The molecule has 0 aromatic heterocycles. The lowest BCUT2D eigenvalue weighted by molar-refractivity contribution is -0.140. The fourth-order valence-corrected chi connectivity index (χ4v) is 2.82. The third-order valence-corrected chi connectivity index (χ3v) is 4.32. The van der Waals surface area contributed by atoms with Crippen LogP contribution in [0.15, 0.2) is 30.3 Å². The minimum absolute atomic E-state index is 0.0662. The first kappa shape index (κ1) is 17.5. The van der Waals surface area contributed by atoms with E-state index in [1.807, 2.05) is 30.3 Å². The number of carbonyl (C=O) groups is 2. The second kappa shape index (κ2) is 8.11. The van der Waals surface area contributed by atoms with Crippen molar-refractivity contribution >= 4 is 11.8 Å². The van der Waals surface area contributed by atoms with Crippen LogP contribution < -0.4 is 10.6 Å². The Morgan fingerprint density at radius 2 is 1.83 bits per heavy atom. The Balaban J connectivity index is 1.72. The molecule has 3 N–H and O–H groups in total. The van der Waals surface area contributed by atoms with Crippen LogP contribution >= 0.6 is 0 Å². The molecule has 126 valence electrons. The van der Waals surface area contributed by atoms with Crippen molar-refractivity contribution in [3.63, 3.8) is 0 Å². The van der Waals surface area contributed by atoms with Gasteiger partial charge in [0.2, 0.25) is 0 Å². The van der Waals surface area contributed by atoms with Crippen LogP contribution in [0.2, 0.25) is 0 Å². The van der Waals surface area contributed by atoms with E-state index in [1.54, 1.807) is 6.92 Å². The monoisotopic (exact) mass is 318 g/mol. The molecule has 0 spiro atoms. The largest absolute Gasteiger partial charge is 0.388 e. The summed E-state index contributed by atoms with van der Waals surface area (Å²) in [5.74, 6) is -1.27. The van der Waals surface area contributed by atoms with E-state index in [2.05, 4.69) is 10.6 Å². The Kier molecular flexibility index (Phi) is 6.16. The quantitative estimate of drug-likeness (QED) is 0.696. The van der Waals surface area contributed by atoms with Gasteiger partial charge in [0, 0.05) is 12.6 Å². The summed E-state index contributed by atoms with van der Waals surface area (Å²) in [6, 6.07) is 9.99. The number of aliphatic hydroxyl groups is 1. The molecule has 23 heavy (non-hydrogen) atoms. The third kappa shape index (κ3) is 6.02. The molecule has 1 fully saturated rings. The highest BCUT2D eigenvalue weighted by Gasteiger charge is 2.25. The van der Waals surface area contributed by atoms with Gasteiger partial charge in [-0.05, 0) is 38.2 Å². The van der Waals surface area contributed by atoms with Crippen LogP contribution in [-0.2, 0) is 16.0 Å². The molecule has 2 amide bonds. The van der Waals surface area contributed by atoms with Gasteiger partial charge in [-0.1, -0.05) is 43.2 Å². The van der Waals surface area contributed by atoms with E-state index >= 15 is 0 Å². The molecular formula is C18H26N2O3. The minimum atomic E-state index is -1.04. The maximum Gasteiger partial charge on any atom is 0.309 e. The Hall–Kier alpha value is -1.88. The molecule has 0 heterocycles. The number of amides is 2. The van der Waals surface area contributed by atoms with E-state index in [0.29, 0.717) is 6.42 Å². The highest BCUT2D eigenvalue weighted by atomic mass is 16.3. The number of hydrogen-bond donors (Lipinski definition) is 3. The van der Waals surface area contributed by atoms with Gasteiger partial charge in [-0.3, -0.25) is 9.59 Å². The summed E-state index contributed by atoms with van der Waals surface area (Å²) in [7, 11) is 0. The lowest BCUT2D eigenvalue weighted by Crippen LogP contribution is -2.48. The van der Waals surface area contributed by atoms with E-state index in [0.717, 1.165) is 37.7 Å². The van der Waals surface area contributed by atoms with E-state index < -0.39 is 17.4 Å². The molecule has 1 saturated carbocycles. The molecule has 0 saturated heterocycles. The van der Waals surface area contributed by atoms with Crippen LogP contribution in [0.1, 0.15) is 44.6 Å².